The molecule has 0 bridgehead atoms. The number of carbonyl (C=O) groups is 1. The summed E-state index contributed by atoms with van der Waals surface area (Å²) in [5.41, 5.74) is 2.48. The highest BCUT2D eigenvalue weighted by Gasteiger charge is 2.29. The summed E-state index contributed by atoms with van der Waals surface area (Å²) in [4.78, 5) is 21.1. The Bertz CT molecular complexity index is 1150. The van der Waals surface area contributed by atoms with Crippen molar-refractivity contribution in [3.05, 3.63) is 72.3 Å². The summed E-state index contributed by atoms with van der Waals surface area (Å²) in [6.45, 7) is 0.228. The van der Waals surface area contributed by atoms with Crippen LogP contribution in [0.3, 0.4) is 0 Å². The van der Waals surface area contributed by atoms with Gasteiger partial charge in [-0.3, -0.25) is 14.9 Å². The van der Waals surface area contributed by atoms with Gasteiger partial charge >= 0.3 is 0 Å². The smallest absolute Gasteiger partial charge is 0.259 e. The Hall–Kier alpha value is -4.01. The van der Waals surface area contributed by atoms with Gasteiger partial charge in [0.2, 0.25) is 11.7 Å². The van der Waals surface area contributed by atoms with Gasteiger partial charge < -0.3 is 14.6 Å². The molecule has 0 radical (unpaired) electrons. The lowest BCUT2D eigenvalue weighted by molar-refractivity contribution is 0.102. The van der Waals surface area contributed by atoms with Crippen molar-refractivity contribution < 1.29 is 14.1 Å². The predicted octanol–water partition coefficient (Wildman–Crippen LogP) is 3.56. The van der Waals surface area contributed by atoms with Crippen molar-refractivity contribution >= 4 is 11.6 Å². The Morgan fingerprint density at radius 2 is 2.07 bits per heavy atom. The molecule has 1 saturated carbocycles. The number of anilines is 1. The lowest BCUT2D eigenvalue weighted by Gasteiger charge is -2.07. The van der Waals surface area contributed by atoms with E-state index in [-0.39, 0.29) is 12.5 Å². The molecular formula is C21H18N6O3. The van der Waals surface area contributed by atoms with Crippen LogP contribution in [0, 0.1) is 0 Å². The molecule has 2 N–H and O–H groups in total. The number of nitrogens with one attached hydrogen (secondary N) is 2. The van der Waals surface area contributed by atoms with Crippen molar-refractivity contribution in [2.75, 3.05) is 5.32 Å². The van der Waals surface area contributed by atoms with E-state index < -0.39 is 0 Å². The summed E-state index contributed by atoms with van der Waals surface area (Å²) in [5.74, 6) is 2.01. The zero-order chi connectivity index (χ0) is 20.3. The van der Waals surface area contributed by atoms with Crippen LogP contribution in [0.25, 0.3) is 11.3 Å². The first-order valence-electron chi connectivity index (χ1n) is 9.57. The van der Waals surface area contributed by atoms with E-state index in [0.717, 1.165) is 18.4 Å². The normalized spacial score (nSPS) is 13.2. The van der Waals surface area contributed by atoms with Crippen LogP contribution in [0.15, 0.2) is 59.5 Å². The van der Waals surface area contributed by atoms with E-state index >= 15 is 0 Å². The average Bonchev–Trinajstić information content (AvgIpc) is 3.32. The van der Waals surface area contributed by atoms with E-state index in [0.29, 0.717) is 40.3 Å². The van der Waals surface area contributed by atoms with Crippen molar-refractivity contribution in [3.63, 3.8) is 0 Å². The molecule has 30 heavy (non-hydrogen) atoms. The Morgan fingerprint density at radius 3 is 2.83 bits per heavy atom. The molecule has 0 unspecified atom stereocenters. The van der Waals surface area contributed by atoms with E-state index in [1.807, 2.05) is 6.07 Å². The Morgan fingerprint density at radius 1 is 1.20 bits per heavy atom. The van der Waals surface area contributed by atoms with Crippen LogP contribution in [0.2, 0.25) is 0 Å². The predicted molar refractivity (Wildman–Crippen MR) is 107 cm³/mol. The van der Waals surface area contributed by atoms with Crippen LogP contribution in [0.1, 0.15) is 40.8 Å². The van der Waals surface area contributed by atoms with Crippen LogP contribution in [0.4, 0.5) is 5.69 Å². The molecule has 0 atom stereocenters. The number of aromatic amines is 1. The SMILES string of the molecule is O=C(Nc1ccc(OCc2noc(C3CC3)n2)cc1)c1cn[nH]c1-c1cccnc1. The standard InChI is InChI=1S/C21H18N6O3/c28-20(17-11-23-26-19(17)14-2-1-9-22-10-14)24-15-5-7-16(8-6-15)29-12-18-25-21(30-27-18)13-3-4-13/h1-2,5-11,13H,3-4,12H2,(H,23,26)(H,24,28). The highest BCUT2D eigenvalue weighted by molar-refractivity contribution is 6.07. The summed E-state index contributed by atoms with van der Waals surface area (Å²) < 4.78 is 10.9. The fourth-order valence-corrected chi connectivity index (χ4v) is 2.99. The Labute approximate surface area is 171 Å². The first-order valence-corrected chi connectivity index (χ1v) is 9.57. The molecule has 1 aliphatic carbocycles. The maximum Gasteiger partial charge on any atom is 0.259 e. The summed E-state index contributed by atoms with van der Waals surface area (Å²) in [5, 5.41) is 13.6. The average molecular weight is 402 g/mol. The second kappa shape index (κ2) is 7.78. The quantitative estimate of drug-likeness (QED) is 0.485. The van der Waals surface area contributed by atoms with Crippen LogP contribution >= 0.6 is 0 Å². The van der Waals surface area contributed by atoms with E-state index in [1.165, 1.54) is 6.20 Å². The largest absolute Gasteiger partial charge is 0.485 e. The highest BCUT2D eigenvalue weighted by Crippen LogP contribution is 2.38. The number of ether oxygens (including phenoxy) is 1. The van der Waals surface area contributed by atoms with Gasteiger partial charge in [0.25, 0.3) is 5.91 Å². The Balaban J connectivity index is 1.21. The number of hydrogen-bond acceptors (Lipinski definition) is 7. The van der Waals surface area contributed by atoms with Gasteiger partial charge in [-0.1, -0.05) is 5.16 Å². The zero-order valence-corrected chi connectivity index (χ0v) is 15.9. The molecule has 1 amide bonds. The molecule has 9 heteroatoms. The van der Waals surface area contributed by atoms with Gasteiger partial charge in [-0.15, -0.1) is 0 Å². The van der Waals surface area contributed by atoms with Crippen LogP contribution in [-0.2, 0) is 6.61 Å². The molecular weight excluding hydrogens is 384 g/mol. The molecule has 3 heterocycles. The number of benzene rings is 1. The number of hydrogen-bond donors (Lipinski definition) is 2. The molecule has 1 fully saturated rings. The third-order valence-electron chi connectivity index (χ3n) is 4.72. The van der Waals surface area contributed by atoms with E-state index in [9.17, 15) is 4.79 Å². The summed E-state index contributed by atoms with van der Waals surface area (Å²) in [7, 11) is 0. The summed E-state index contributed by atoms with van der Waals surface area (Å²) >= 11 is 0. The van der Waals surface area contributed by atoms with E-state index in [1.54, 1.807) is 42.7 Å². The van der Waals surface area contributed by atoms with Gasteiger partial charge in [0.15, 0.2) is 6.61 Å². The number of aromatic nitrogens is 5. The minimum Gasteiger partial charge on any atom is -0.485 e. The number of nitrogens with zero attached hydrogens (tertiary/aromatic N) is 4. The lowest BCUT2D eigenvalue weighted by atomic mass is 10.1. The molecule has 150 valence electrons. The zero-order valence-electron chi connectivity index (χ0n) is 15.9. The first kappa shape index (κ1) is 18.0. The van der Waals surface area contributed by atoms with E-state index in [2.05, 4.69) is 30.6 Å². The third-order valence-corrected chi connectivity index (χ3v) is 4.72. The maximum absolute atomic E-state index is 12.7. The monoisotopic (exact) mass is 402 g/mol. The van der Waals surface area contributed by atoms with Gasteiger partial charge in [-0.2, -0.15) is 10.1 Å². The van der Waals surface area contributed by atoms with Crippen molar-refractivity contribution in [2.24, 2.45) is 0 Å². The van der Waals surface area contributed by atoms with Crippen molar-refractivity contribution in [3.8, 4) is 17.0 Å². The molecule has 4 aromatic rings. The number of pyridine rings is 1. The second-order valence-electron chi connectivity index (χ2n) is 6.99. The van der Waals surface area contributed by atoms with Crippen molar-refractivity contribution in [1.82, 2.24) is 25.3 Å². The van der Waals surface area contributed by atoms with Gasteiger partial charge in [0.1, 0.15) is 5.75 Å². The van der Waals surface area contributed by atoms with Gasteiger partial charge in [0.05, 0.1) is 17.5 Å². The van der Waals surface area contributed by atoms with Crippen molar-refractivity contribution in [1.29, 1.82) is 0 Å². The topological polar surface area (TPSA) is 119 Å². The number of carbonyl (C=O) groups excluding carboxylic acids is 1. The fraction of sp³-hybridized carbons (Fsp3) is 0.190. The lowest BCUT2D eigenvalue weighted by Crippen LogP contribution is -2.12. The van der Waals surface area contributed by atoms with Gasteiger partial charge in [-0.05, 0) is 49.2 Å². The number of rotatable bonds is 7. The summed E-state index contributed by atoms with van der Waals surface area (Å²) in [6, 6.07) is 10.7. The minimum atomic E-state index is -0.268. The molecule has 1 aliphatic rings. The van der Waals surface area contributed by atoms with Crippen LogP contribution in [-0.4, -0.2) is 31.2 Å². The van der Waals surface area contributed by atoms with Gasteiger partial charge in [0, 0.05) is 29.6 Å². The molecule has 0 aliphatic heterocycles. The van der Waals surface area contributed by atoms with E-state index in [4.69, 9.17) is 9.26 Å². The fourth-order valence-electron chi connectivity index (χ4n) is 2.99. The third kappa shape index (κ3) is 3.90. The van der Waals surface area contributed by atoms with Crippen LogP contribution < -0.4 is 10.1 Å². The highest BCUT2D eigenvalue weighted by atomic mass is 16.5. The second-order valence-corrected chi connectivity index (χ2v) is 6.99. The molecule has 5 rings (SSSR count). The number of H-pyrrole nitrogens is 1. The summed E-state index contributed by atoms with van der Waals surface area (Å²) in [6.07, 6.45) is 7.06. The van der Waals surface area contributed by atoms with Crippen molar-refractivity contribution in [2.45, 2.75) is 25.4 Å². The maximum atomic E-state index is 12.7. The van der Waals surface area contributed by atoms with Crippen LogP contribution in [0.5, 0.6) is 5.75 Å². The first-order chi connectivity index (χ1) is 14.8. The molecule has 0 spiro atoms. The minimum absolute atomic E-state index is 0.228. The molecule has 3 aromatic heterocycles. The molecule has 9 nitrogen and oxygen atoms in total. The van der Waals surface area contributed by atoms with Gasteiger partial charge in [-0.25, -0.2) is 0 Å². The molecule has 0 saturated heterocycles. The molecule has 1 aromatic carbocycles. The number of amides is 1. The Kier molecular flexibility index (Phi) is 4.68.